The summed E-state index contributed by atoms with van der Waals surface area (Å²) in [5, 5.41) is 6.28. The predicted molar refractivity (Wildman–Crippen MR) is 94.7 cm³/mol. The first kappa shape index (κ1) is 17.0. The molecule has 122 valence electrons. The summed E-state index contributed by atoms with van der Waals surface area (Å²) in [5.74, 6) is -0.0804. The van der Waals surface area contributed by atoms with Gasteiger partial charge in [-0.25, -0.2) is 0 Å². The Morgan fingerprint density at radius 3 is 2.57 bits per heavy atom. The van der Waals surface area contributed by atoms with Crippen LogP contribution in [-0.4, -0.2) is 23.0 Å². The van der Waals surface area contributed by atoms with Gasteiger partial charge >= 0.3 is 0 Å². The van der Waals surface area contributed by atoms with Crippen molar-refractivity contribution < 1.29 is 4.79 Å². The van der Waals surface area contributed by atoms with Crippen LogP contribution in [0.25, 0.3) is 0 Å². The Balaban J connectivity index is 1.82. The van der Waals surface area contributed by atoms with Gasteiger partial charge in [0.05, 0.1) is 11.3 Å². The number of hydrogen-bond donors (Lipinski definition) is 2. The van der Waals surface area contributed by atoms with Crippen LogP contribution in [0.2, 0.25) is 0 Å². The van der Waals surface area contributed by atoms with Crippen LogP contribution in [0.5, 0.6) is 0 Å². The zero-order valence-electron chi connectivity index (χ0n) is 14.1. The van der Waals surface area contributed by atoms with E-state index in [1.165, 1.54) is 5.56 Å². The Hall–Kier alpha value is -2.36. The van der Waals surface area contributed by atoms with Crippen LogP contribution < -0.4 is 10.6 Å². The van der Waals surface area contributed by atoms with Gasteiger partial charge in [-0.1, -0.05) is 30.3 Å². The van der Waals surface area contributed by atoms with Crippen molar-refractivity contribution in [2.75, 3.05) is 11.9 Å². The highest BCUT2D eigenvalue weighted by Crippen LogP contribution is 2.14. The Kier molecular flexibility index (Phi) is 5.74. The molecule has 0 unspecified atom stereocenters. The third kappa shape index (κ3) is 6.10. The minimum absolute atomic E-state index is 0.0630. The van der Waals surface area contributed by atoms with Crippen LogP contribution in [0.4, 0.5) is 5.69 Å². The van der Waals surface area contributed by atoms with Crippen LogP contribution in [-0.2, 0) is 6.42 Å². The predicted octanol–water partition coefficient (Wildman–Crippen LogP) is 3.65. The number of amides is 1. The molecular weight excluding hydrogens is 286 g/mol. The summed E-state index contributed by atoms with van der Waals surface area (Å²) in [6.45, 7) is 6.88. The summed E-state index contributed by atoms with van der Waals surface area (Å²) < 4.78 is 0. The highest BCUT2D eigenvalue weighted by molar-refractivity contribution is 5.94. The number of carbonyl (C=O) groups excluding carboxylic acids is 1. The minimum atomic E-state index is -0.0804. The van der Waals surface area contributed by atoms with Crippen LogP contribution in [0, 0.1) is 0 Å². The number of hydrogen-bond acceptors (Lipinski definition) is 3. The van der Waals surface area contributed by atoms with Crippen molar-refractivity contribution >= 4 is 11.6 Å². The maximum Gasteiger partial charge on any atom is 0.252 e. The van der Waals surface area contributed by atoms with E-state index in [1.807, 2.05) is 24.3 Å². The Bertz CT molecular complexity index is 633. The molecule has 4 nitrogen and oxygen atoms in total. The SMILES string of the molecule is CC(C)(C)Nc1cncc(C(=O)NCCCc2ccccc2)c1. The van der Waals surface area contributed by atoms with Gasteiger partial charge in [-0.3, -0.25) is 9.78 Å². The molecule has 0 aliphatic rings. The van der Waals surface area contributed by atoms with Gasteiger partial charge in [0.15, 0.2) is 0 Å². The second-order valence-electron chi connectivity index (χ2n) is 6.68. The first-order chi connectivity index (χ1) is 10.9. The van der Waals surface area contributed by atoms with E-state index in [0.717, 1.165) is 18.5 Å². The Labute approximate surface area is 138 Å². The van der Waals surface area contributed by atoms with Gasteiger partial charge in [0.25, 0.3) is 5.91 Å². The molecule has 0 fully saturated rings. The molecule has 0 atom stereocenters. The molecule has 1 heterocycles. The average molecular weight is 311 g/mol. The van der Waals surface area contributed by atoms with E-state index in [9.17, 15) is 4.79 Å². The summed E-state index contributed by atoms with van der Waals surface area (Å²) in [5.41, 5.74) is 2.67. The molecule has 0 saturated heterocycles. The lowest BCUT2D eigenvalue weighted by molar-refractivity contribution is 0.0953. The molecule has 0 aliphatic heterocycles. The van der Waals surface area contributed by atoms with E-state index in [2.05, 4.69) is 48.5 Å². The lowest BCUT2D eigenvalue weighted by Crippen LogP contribution is -2.27. The van der Waals surface area contributed by atoms with Gasteiger partial charge in [0.2, 0.25) is 0 Å². The van der Waals surface area contributed by atoms with Gasteiger partial charge < -0.3 is 10.6 Å². The maximum atomic E-state index is 12.2. The van der Waals surface area contributed by atoms with Gasteiger partial charge in [0, 0.05) is 24.5 Å². The average Bonchev–Trinajstić information content (AvgIpc) is 2.51. The number of nitrogens with one attached hydrogen (secondary N) is 2. The van der Waals surface area contributed by atoms with Gasteiger partial charge in [0.1, 0.15) is 0 Å². The number of nitrogens with zero attached hydrogens (tertiary/aromatic N) is 1. The number of rotatable bonds is 6. The summed E-state index contributed by atoms with van der Waals surface area (Å²) in [7, 11) is 0. The number of aryl methyl sites for hydroxylation is 1. The third-order valence-electron chi connectivity index (χ3n) is 3.29. The fourth-order valence-electron chi connectivity index (χ4n) is 2.31. The summed E-state index contributed by atoms with van der Waals surface area (Å²) in [6, 6.07) is 12.1. The fraction of sp³-hybridized carbons (Fsp3) is 0.368. The molecule has 4 heteroatoms. The maximum absolute atomic E-state index is 12.2. The first-order valence-corrected chi connectivity index (χ1v) is 7.99. The summed E-state index contributed by atoms with van der Waals surface area (Å²) >= 11 is 0. The van der Waals surface area contributed by atoms with Crippen LogP contribution in [0.15, 0.2) is 48.8 Å². The first-order valence-electron chi connectivity index (χ1n) is 7.99. The quantitative estimate of drug-likeness (QED) is 0.801. The Morgan fingerprint density at radius 2 is 1.87 bits per heavy atom. The molecule has 0 spiro atoms. The number of aromatic nitrogens is 1. The molecule has 1 aromatic carbocycles. The van der Waals surface area contributed by atoms with Crippen molar-refractivity contribution in [3.05, 3.63) is 59.9 Å². The molecule has 2 aromatic rings. The van der Waals surface area contributed by atoms with Crippen molar-refractivity contribution in [3.8, 4) is 0 Å². The van der Waals surface area contributed by atoms with E-state index in [1.54, 1.807) is 12.4 Å². The summed E-state index contributed by atoms with van der Waals surface area (Å²) in [4.78, 5) is 16.3. The lowest BCUT2D eigenvalue weighted by Gasteiger charge is -2.22. The van der Waals surface area contributed by atoms with Crippen molar-refractivity contribution in [1.29, 1.82) is 0 Å². The standard InChI is InChI=1S/C19H25N3O/c1-19(2,3)22-17-12-16(13-20-14-17)18(23)21-11-7-10-15-8-5-4-6-9-15/h4-6,8-9,12-14,22H,7,10-11H2,1-3H3,(H,21,23). The van der Waals surface area contributed by atoms with E-state index >= 15 is 0 Å². The van der Waals surface area contributed by atoms with Gasteiger partial charge in [-0.15, -0.1) is 0 Å². The van der Waals surface area contributed by atoms with Crippen molar-refractivity contribution in [3.63, 3.8) is 0 Å². The fourth-order valence-corrected chi connectivity index (χ4v) is 2.31. The van der Waals surface area contributed by atoms with Crippen LogP contribution >= 0.6 is 0 Å². The van der Waals surface area contributed by atoms with E-state index in [4.69, 9.17) is 0 Å². The van der Waals surface area contributed by atoms with E-state index < -0.39 is 0 Å². The van der Waals surface area contributed by atoms with Crippen molar-refractivity contribution in [1.82, 2.24) is 10.3 Å². The molecule has 0 saturated carbocycles. The monoisotopic (exact) mass is 311 g/mol. The molecule has 2 N–H and O–H groups in total. The molecule has 23 heavy (non-hydrogen) atoms. The van der Waals surface area contributed by atoms with E-state index in [0.29, 0.717) is 12.1 Å². The molecule has 0 bridgehead atoms. The topological polar surface area (TPSA) is 54.0 Å². The molecule has 2 rings (SSSR count). The second kappa shape index (κ2) is 7.77. The highest BCUT2D eigenvalue weighted by Gasteiger charge is 2.11. The molecule has 1 amide bonds. The highest BCUT2D eigenvalue weighted by atomic mass is 16.1. The summed E-state index contributed by atoms with van der Waals surface area (Å²) in [6.07, 6.45) is 5.21. The number of carbonyl (C=O) groups is 1. The van der Waals surface area contributed by atoms with Gasteiger partial charge in [-0.2, -0.15) is 0 Å². The van der Waals surface area contributed by atoms with E-state index in [-0.39, 0.29) is 11.4 Å². The number of anilines is 1. The third-order valence-corrected chi connectivity index (χ3v) is 3.29. The Morgan fingerprint density at radius 1 is 1.13 bits per heavy atom. The molecule has 0 radical (unpaired) electrons. The van der Waals surface area contributed by atoms with Crippen LogP contribution in [0.1, 0.15) is 43.1 Å². The number of pyridine rings is 1. The molecular formula is C19H25N3O. The van der Waals surface area contributed by atoms with Crippen LogP contribution in [0.3, 0.4) is 0 Å². The second-order valence-corrected chi connectivity index (χ2v) is 6.68. The largest absolute Gasteiger partial charge is 0.379 e. The molecule has 1 aromatic heterocycles. The normalized spacial score (nSPS) is 11.1. The van der Waals surface area contributed by atoms with Crippen molar-refractivity contribution in [2.45, 2.75) is 39.2 Å². The lowest BCUT2D eigenvalue weighted by atomic mass is 10.1. The molecule has 0 aliphatic carbocycles. The zero-order valence-corrected chi connectivity index (χ0v) is 14.1. The smallest absolute Gasteiger partial charge is 0.252 e. The van der Waals surface area contributed by atoms with Gasteiger partial charge in [-0.05, 0) is 45.2 Å². The number of benzene rings is 1. The zero-order chi connectivity index (χ0) is 16.7. The van der Waals surface area contributed by atoms with Crippen molar-refractivity contribution in [2.24, 2.45) is 0 Å². The minimum Gasteiger partial charge on any atom is -0.379 e.